The molecule has 0 aliphatic rings. The zero-order chi connectivity index (χ0) is 16.7. The number of phenolic OH excluding ortho intramolecular Hbond substituents is 1. The summed E-state index contributed by atoms with van der Waals surface area (Å²) in [6.07, 6.45) is 1.38. The first kappa shape index (κ1) is 16.4. The average molecular weight is 314 g/mol. The van der Waals surface area contributed by atoms with Gasteiger partial charge in [-0.1, -0.05) is 12.1 Å². The van der Waals surface area contributed by atoms with Gasteiger partial charge in [0.05, 0.1) is 19.9 Å². The van der Waals surface area contributed by atoms with Crippen molar-refractivity contribution in [2.45, 2.75) is 6.92 Å². The van der Waals surface area contributed by atoms with E-state index in [1.54, 1.807) is 42.5 Å². The van der Waals surface area contributed by atoms with Crippen molar-refractivity contribution in [2.75, 3.05) is 13.7 Å². The molecular formula is C17H18N2O4. The van der Waals surface area contributed by atoms with E-state index in [2.05, 4.69) is 10.5 Å². The van der Waals surface area contributed by atoms with Crippen molar-refractivity contribution in [3.05, 3.63) is 53.6 Å². The number of hydrogen-bond donors (Lipinski definition) is 2. The van der Waals surface area contributed by atoms with E-state index in [1.165, 1.54) is 13.3 Å². The Morgan fingerprint density at radius 1 is 1.26 bits per heavy atom. The Hall–Kier alpha value is -3.02. The largest absolute Gasteiger partial charge is 0.507 e. The number of rotatable bonds is 6. The minimum Gasteiger partial charge on any atom is -0.507 e. The topological polar surface area (TPSA) is 80.2 Å². The summed E-state index contributed by atoms with van der Waals surface area (Å²) in [4.78, 5) is 12.1. The van der Waals surface area contributed by atoms with Crippen LogP contribution in [0.25, 0.3) is 0 Å². The smallest absolute Gasteiger partial charge is 0.271 e. The molecule has 2 rings (SSSR count). The van der Waals surface area contributed by atoms with E-state index >= 15 is 0 Å². The standard InChI is InChI=1S/C17H18N2O4/c1-3-23-16-10-12(8-9-15(16)22-2)17(21)19-18-11-13-6-4-5-7-14(13)20/h4-11,20H,3H2,1-2H3,(H,19,21)/b18-11+. The zero-order valence-corrected chi connectivity index (χ0v) is 12.9. The van der Waals surface area contributed by atoms with Gasteiger partial charge in [-0.15, -0.1) is 0 Å². The molecule has 2 N–H and O–H groups in total. The lowest BCUT2D eigenvalue weighted by molar-refractivity contribution is 0.0954. The predicted octanol–water partition coefficient (Wildman–Crippen LogP) is 2.56. The number of hydrogen-bond acceptors (Lipinski definition) is 5. The molecule has 0 aliphatic carbocycles. The molecule has 0 radical (unpaired) electrons. The Morgan fingerprint density at radius 3 is 2.74 bits per heavy atom. The highest BCUT2D eigenvalue weighted by Gasteiger charge is 2.10. The summed E-state index contributed by atoms with van der Waals surface area (Å²) in [6, 6.07) is 11.6. The summed E-state index contributed by atoms with van der Waals surface area (Å²) in [5, 5.41) is 13.5. The number of amides is 1. The lowest BCUT2D eigenvalue weighted by Crippen LogP contribution is -2.17. The molecule has 0 aliphatic heterocycles. The lowest BCUT2D eigenvalue weighted by Gasteiger charge is -2.10. The first-order chi connectivity index (χ1) is 11.2. The first-order valence-corrected chi connectivity index (χ1v) is 7.08. The molecule has 0 atom stereocenters. The molecule has 0 saturated heterocycles. The molecule has 0 saturated carbocycles. The molecular weight excluding hydrogens is 296 g/mol. The highest BCUT2D eigenvalue weighted by atomic mass is 16.5. The van der Waals surface area contributed by atoms with E-state index in [1.807, 2.05) is 6.92 Å². The number of para-hydroxylation sites is 1. The number of ether oxygens (including phenoxy) is 2. The van der Waals surface area contributed by atoms with Crippen LogP contribution in [0.1, 0.15) is 22.8 Å². The Morgan fingerprint density at radius 2 is 2.04 bits per heavy atom. The number of hydrazone groups is 1. The van der Waals surface area contributed by atoms with Gasteiger partial charge in [0.1, 0.15) is 5.75 Å². The maximum absolute atomic E-state index is 12.1. The van der Waals surface area contributed by atoms with Crippen LogP contribution < -0.4 is 14.9 Å². The lowest BCUT2D eigenvalue weighted by atomic mass is 10.2. The molecule has 6 heteroatoms. The fourth-order valence-corrected chi connectivity index (χ4v) is 1.91. The molecule has 2 aromatic carbocycles. The van der Waals surface area contributed by atoms with Crippen LogP contribution in [0.5, 0.6) is 17.2 Å². The second-order valence-corrected chi connectivity index (χ2v) is 4.56. The summed E-state index contributed by atoms with van der Waals surface area (Å²) in [7, 11) is 1.54. The summed E-state index contributed by atoms with van der Waals surface area (Å²) >= 11 is 0. The van der Waals surface area contributed by atoms with Crippen LogP contribution in [-0.4, -0.2) is 30.9 Å². The molecule has 6 nitrogen and oxygen atoms in total. The number of carbonyl (C=O) groups excluding carboxylic acids is 1. The number of nitrogens with one attached hydrogen (secondary N) is 1. The number of phenols is 1. The molecule has 120 valence electrons. The van der Waals surface area contributed by atoms with Crippen molar-refractivity contribution in [3.8, 4) is 17.2 Å². The van der Waals surface area contributed by atoms with E-state index < -0.39 is 0 Å². The number of benzene rings is 2. The zero-order valence-electron chi connectivity index (χ0n) is 12.9. The Bertz CT molecular complexity index is 713. The van der Waals surface area contributed by atoms with Crippen molar-refractivity contribution in [2.24, 2.45) is 5.10 Å². The van der Waals surface area contributed by atoms with Crippen molar-refractivity contribution in [1.82, 2.24) is 5.43 Å². The fraction of sp³-hybridized carbons (Fsp3) is 0.176. The Labute approximate surface area is 134 Å². The van der Waals surface area contributed by atoms with E-state index in [4.69, 9.17) is 9.47 Å². The summed E-state index contributed by atoms with van der Waals surface area (Å²) in [5.41, 5.74) is 3.31. The number of carbonyl (C=O) groups is 1. The van der Waals surface area contributed by atoms with Gasteiger partial charge in [-0.3, -0.25) is 4.79 Å². The molecule has 0 unspecified atom stereocenters. The van der Waals surface area contributed by atoms with Crippen molar-refractivity contribution < 1.29 is 19.4 Å². The van der Waals surface area contributed by atoms with Crippen LogP contribution in [-0.2, 0) is 0 Å². The molecule has 0 heterocycles. The summed E-state index contributed by atoms with van der Waals surface area (Å²) in [5.74, 6) is 0.752. The van der Waals surface area contributed by atoms with Crippen LogP contribution in [0.2, 0.25) is 0 Å². The Balaban J connectivity index is 2.09. The van der Waals surface area contributed by atoms with Gasteiger partial charge in [0.2, 0.25) is 0 Å². The quantitative estimate of drug-likeness (QED) is 0.634. The fourth-order valence-electron chi connectivity index (χ4n) is 1.91. The monoisotopic (exact) mass is 314 g/mol. The third-order valence-electron chi connectivity index (χ3n) is 3.03. The summed E-state index contributed by atoms with van der Waals surface area (Å²) in [6.45, 7) is 2.32. The van der Waals surface area contributed by atoms with Gasteiger partial charge in [0.15, 0.2) is 11.5 Å². The number of aromatic hydroxyl groups is 1. The van der Waals surface area contributed by atoms with Crippen LogP contribution in [0, 0.1) is 0 Å². The molecule has 0 aromatic heterocycles. The Kier molecular flexibility index (Phi) is 5.57. The second kappa shape index (κ2) is 7.84. The molecule has 1 amide bonds. The maximum atomic E-state index is 12.1. The molecule has 0 spiro atoms. The van der Waals surface area contributed by atoms with E-state index in [0.29, 0.717) is 29.2 Å². The predicted molar refractivity (Wildman–Crippen MR) is 87.3 cm³/mol. The molecule has 0 fully saturated rings. The van der Waals surface area contributed by atoms with Crippen LogP contribution in [0.4, 0.5) is 0 Å². The van der Waals surface area contributed by atoms with Gasteiger partial charge < -0.3 is 14.6 Å². The van der Waals surface area contributed by atoms with Crippen molar-refractivity contribution in [1.29, 1.82) is 0 Å². The minimum atomic E-state index is -0.389. The molecule has 0 bridgehead atoms. The summed E-state index contributed by atoms with van der Waals surface area (Å²) < 4.78 is 10.6. The highest BCUT2D eigenvalue weighted by molar-refractivity contribution is 5.95. The minimum absolute atomic E-state index is 0.0913. The van der Waals surface area contributed by atoms with Crippen LogP contribution in [0.15, 0.2) is 47.6 Å². The third-order valence-corrected chi connectivity index (χ3v) is 3.03. The average Bonchev–Trinajstić information content (AvgIpc) is 2.56. The molecule has 23 heavy (non-hydrogen) atoms. The van der Waals surface area contributed by atoms with Crippen LogP contribution >= 0.6 is 0 Å². The van der Waals surface area contributed by atoms with E-state index in [-0.39, 0.29) is 11.7 Å². The SMILES string of the molecule is CCOc1cc(C(=O)N/N=C/c2ccccc2O)ccc1OC. The number of nitrogens with zero attached hydrogens (tertiary/aromatic N) is 1. The van der Waals surface area contributed by atoms with E-state index in [9.17, 15) is 9.90 Å². The normalized spacial score (nSPS) is 10.5. The second-order valence-electron chi connectivity index (χ2n) is 4.56. The van der Waals surface area contributed by atoms with E-state index in [0.717, 1.165) is 0 Å². The van der Waals surface area contributed by atoms with Crippen LogP contribution in [0.3, 0.4) is 0 Å². The van der Waals surface area contributed by atoms with Crippen molar-refractivity contribution >= 4 is 12.1 Å². The van der Waals surface area contributed by atoms with Gasteiger partial charge in [0, 0.05) is 11.1 Å². The van der Waals surface area contributed by atoms with Gasteiger partial charge in [-0.05, 0) is 37.3 Å². The highest BCUT2D eigenvalue weighted by Crippen LogP contribution is 2.27. The van der Waals surface area contributed by atoms with Gasteiger partial charge in [-0.25, -0.2) is 5.43 Å². The van der Waals surface area contributed by atoms with Gasteiger partial charge in [0.25, 0.3) is 5.91 Å². The van der Waals surface area contributed by atoms with Crippen molar-refractivity contribution in [3.63, 3.8) is 0 Å². The maximum Gasteiger partial charge on any atom is 0.271 e. The van der Waals surface area contributed by atoms with Gasteiger partial charge in [-0.2, -0.15) is 5.10 Å². The molecule has 2 aromatic rings. The number of methoxy groups -OCH3 is 1. The van der Waals surface area contributed by atoms with Gasteiger partial charge >= 0.3 is 0 Å². The first-order valence-electron chi connectivity index (χ1n) is 7.08. The third kappa shape index (κ3) is 4.23.